The van der Waals surface area contributed by atoms with E-state index in [-0.39, 0.29) is 109 Å². The van der Waals surface area contributed by atoms with Gasteiger partial charge in [-0.2, -0.15) is 0 Å². The summed E-state index contributed by atoms with van der Waals surface area (Å²) >= 11 is 0. The maximum absolute atomic E-state index is 9.90. The van der Waals surface area contributed by atoms with E-state index in [4.69, 9.17) is 25.5 Å². The van der Waals surface area contributed by atoms with Gasteiger partial charge in [0.1, 0.15) is 24.4 Å². The maximum atomic E-state index is 9.90. The van der Waals surface area contributed by atoms with Gasteiger partial charge in [-0.25, -0.2) is 16.8 Å². The Balaban J connectivity index is -0.000000156. The van der Waals surface area contributed by atoms with Crippen LogP contribution >= 0.6 is 0 Å². The molecular weight excluding hydrogens is 438 g/mol. The molecule has 0 aromatic rings. The Labute approximate surface area is 221 Å². The Bertz CT molecular complexity index is 487. The zero-order valence-electron chi connectivity index (χ0n) is 12.3. The largest absolute Gasteiger partial charge is 1.00 e. The minimum Gasteiger partial charge on any atom is -0.724 e. The van der Waals surface area contributed by atoms with Crippen molar-refractivity contribution in [1.29, 1.82) is 0 Å². The van der Waals surface area contributed by atoms with Crippen LogP contribution in [0.15, 0.2) is 0 Å². The molecular formula is C6H12K2O14S2. The standard InChI is InChI=1S/C6H12O6.2K.H2O8S2/c7-1-3(9)5(11)6(12)4(10)2-8;;;1-9(2,3)7-8-10(4,5)6/h1,3-6,8-12H,2H2;;;(H,1,2,3)(H,4,5,6)/q;2*+1;/p-2. The first-order valence-corrected chi connectivity index (χ1v) is 7.49. The predicted molar refractivity (Wildman–Crippen MR) is 58.7 cm³/mol. The molecule has 0 fully saturated rings. The summed E-state index contributed by atoms with van der Waals surface area (Å²) in [6, 6.07) is 0. The molecule has 0 aromatic heterocycles. The molecule has 0 heterocycles. The Morgan fingerprint density at radius 2 is 1.21 bits per heavy atom. The van der Waals surface area contributed by atoms with Crippen LogP contribution in [0.2, 0.25) is 0 Å². The summed E-state index contributed by atoms with van der Waals surface area (Å²) in [5.41, 5.74) is 0. The number of carbonyl (C=O) groups excluding carboxylic acids is 1. The topological polar surface area (TPSA) is 251 Å². The van der Waals surface area contributed by atoms with Crippen molar-refractivity contribution in [2.24, 2.45) is 0 Å². The van der Waals surface area contributed by atoms with Crippen molar-refractivity contribution >= 4 is 27.1 Å². The zero-order valence-corrected chi connectivity index (χ0v) is 20.2. The first-order chi connectivity index (χ1) is 9.75. The van der Waals surface area contributed by atoms with Crippen molar-refractivity contribution < 1.29 is 168 Å². The summed E-state index contributed by atoms with van der Waals surface area (Å²) in [6.45, 7) is -0.760. The van der Waals surface area contributed by atoms with E-state index < -0.39 is 51.8 Å². The molecule has 0 aromatic carbocycles. The van der Waals surface area contributed by atoms with Crippen LogP contribution in [0.4, 0.5) is 0 Å². The Morgan fingerprint density at radius 1 is 0.875 bits per heavy atom. The van der Waals surface area contributed by atoms with Gasteiger partial charge in [0.05, 0.1) is 6.61 Å². The number of aliphatic hydroxyl groups is 5. The molecule has 14 nitrogen and oxygen atoms in total. The average Bonchev–Trinajstić information content (AvgIpc) is 2.41. The van der Waals surface area contributed by atoms with Crippen molar-refractivity contribution in [3.8, 4) is 0 Å². The molecule has 4 unspecified atom stereocenters. The number of rotatable bonds is 8. The van der Waals surface area contributed by atoms with E-state index in [1.807, 2.05) is 0 Å². The molecule has 0 aliphatic carbocycles. The molecule has 18 heteroatoms. The molecule has 5 N–H and O–H groups in total. The summed E-state index contributed by atoms with van der Waals surface area (Å²) in [6.07, 6.45) is -6.84. The van der Waals surface area contributed by atoms with E-state index in [2.05, 4.69) is 8.67 Å². The molecule has 0 aliphatic rings. The Hall–Kier alpha value is 2.48. The maximum Gasteiger partial charge on any atom is 1.00 e. The van der Waals surface area contributed by atoms with Gasteiger partial charge in [-0.1, -0.05) is 0 Å². The molecule has 0 rings (SSSR count). The van der Waals surface area contributed by atoms with Gasteiger partial charge in [-0.15, -0.1) is 8.67 Å². The zero-order chi connectivity index (χ0) is 18.1. The number of aldehydes is 1. The second-order valence-corrected chi connectivity index (χ2v) is 5.22. The third-order valence-corrected chi connectivity index (χ3v) is 2.17. The van der Waals surface area contributed by atoms with Gasteiger partial charge in [0.15, 0.2) is 6.29 Å². The van der Waals surface area contributed by atoms with Crippen molar-refractivity contribution in [1.82, 2.24) is 0 Å². The van der Waals surface area contributed by atoms with Crippen LogP contribution in [-0.2, 0) is 34.3 Å². The second kappa shape index (κ2) is 16.4. The van der Waals surface area contributed by atoms with E-state index in [0.29, 0.717) is 0 Å². The van der Waals surface area contributed by atoms with Crippen LogP contribution in [0.3, 0.4) is 0 Å². The van der Waals surface area contributed by atoms with Crippen molar-refractivity contribution in [3.63, 3.8) is 0 Å². The van der Waals surface area contributed by atoms with Gasteiger partial charge >= 0.3 is 103 Å². The summed E-state index contributed by atoms with van der Waals surface area (Å²) in [7, 11) is -10.6. The van der Waals surface area contributed by atoms with E-state index >= 15 is 0 Å². The smallest absolute Gasteiger partial charge is 0.724 e. The van der Waals surface area contributed by atoms with Crippen molar-refractivity contribution in [3.05, 3.63) is 0 Å². The van der Waals surface area contributed by atoms with Gasteiger partial charge in [0, 0.05) is 0 Å². The van der Waals surface area contributed by atoms with Crippen molar-refractivity contribution in [2.75, 3.05) is 6.61 Å². The van der Waals surface area contributed by atoms with E-state index in [0.717, 1.165) is 0 Å². The molecule has 0 saturated heterocycles. The van der Waals surface area contributed by atoms with Gasteiger partial charge in [0.2, 0.25) is 20.8 Å². The Kier molecular flexibility index (Phi) is 23.3. The van der Waals surface area contributed by atoms with Crippen LogP contribution in [0.5, 0.6) is 0 Å². The van der Waals surface area contributed by atoms with Crippen LogP contribution in [0.25, 0.3) is 0 Å². The van der Waals surface area contributed by atoms with Gasteiger partial charge in [0.25, 0.3) is 0 Å². The monoisotopic (exact) mass is 450 g/mol. The van der Waals surface area contributed by atoms with Gasteiger partial charge < -0.3 is 39.4 Å². The third-order valence-electron chi connectivity index (χ3n) is 1.61. The molecule has 24 heavy (non-hydrogen) atoms. The summed E-state index contributed by atoms with van der Waals surface area (Å²) < 4.78 is 61.5. The number of hydrogen-bond donors (Lipinski definition) is 5. The minimum absolute atomic E-state index is 0. The third kappa shape index (κ3) is 20.8. The van der Waals surface area contributed by atoms with E-state index in [1.54, 1.807) is 0 Å². The Morgan fingerprint density at radius 3 is 1.42 bits per heavy atom. The predicted octanol–water partition coefficient (Wildman–Crippen LogP) is -11.5. The quantitative estimate of drug-likeness (QED) is 0.0575. The van der Waals surface area contributed by atoms with Crippen LogP contribution in [-0.4, -0.2) is 88.8 Å². The SMILES string of the molecule is O=CC(O)C(O)C(O)C(O)CO.O=S(=O)([O-])OOS(=O)(=O)[O-].[K+].[K+]. The van der Waals surface area contributed by atoms with Crippen LogP contribution < -0.4 is 103 Å². The van der Waals surface area contributed by atoms with Crippen LogP contribution in [0, 0.1) is 0 Å². The molecule has 0 aliphatic heterocycles. The number of hydrogen-bond acceptors (Lipinski definition) is 14. The number of aliphatic hydroxyl groups excluding tert-OH is 5. The summed E-state index contributed by atoms with van der Waals surface area (Å²) in [4.78, 5) is 9.90. The molecule has 0 spiro atoms. The average molecular weight is 450 g/mol. The molecule has 0 radical (unpaired) electrons. The summed E-state index contributed by atoms with van der Waals surface area (Å²) in [5.74, 6) is 0. The van der Waals surface area contributed by atoms with Gasteiger partial charge in [-0.3, -0.25) is 0 Å². The fourth-order valence-electron chi connectivity index (χ4n) is 0.686. The van der Waals surface area contributed by atoms with Crippen LogP contribution in [0.1, 0.15) is 0 Å². The minimum atomic E-state index is -5.31. The molecule has 134 valence electrons. The fraction of sp³-hybridized carbons (Fsp3) is 0.833. The first-order valence-electron chi connectivity index (χ1n) is 4.83. The molecule has 0 saturated carbocycles. The van der Waals surface area contributed by atoms with Gasteiger partial charge in [-0.05, 0) is 0 Å². The van der Waals surface area contributed by atoms with E-state index in [1.165, 1.54) is 0 Å². The fourth-order valence-corrected chi connectivity index (χ4v) is 1.23. The van der Waals surface area contributed by atoms with Crippen molar-refractivity contribution in [2.45, 2.75) is 24.4 Å². The molecule has 4 atom stereocenters. The second-order valence-electron chi connectivity index (χ2n) is 3.31. The molecule has 0 bridgehead atoms. The van der Waals surface area contributed by atoms with E-state index in [9.17, 15) is 30.7 Å². The summed E-state index contributed by atoms with van der Waals surface area (Å²) in [5, 5.41) is 43.5. The molecule has 0 amide bonds. The number of carbonyl (C=O) groups is 1. The first kappa shape index (κ1) is 34.0. The normalized spacial score (nSPS) is 16.1.